The van der Waals surface area contributed by atoms with Crippen molar-refractivity contribution < 1.29 is 14.5 Å². The van der Waals surface area contributed by atoms with E-state index in [2.05, 4.69) is 34.9 Å². The number of aryl methyl sites for hydroxylation is 1. The van der Waals surface area contributed by atoms with Gasteiger partial charge in [-0.15, -0.1) is 0 Å². The molecule has 1 fully saturated rings. The zero-order valence-corrected chi connectivity index (χ0v) is 14.4. The van der Waals surface area contributed by atoms with Gasteiger partial charge >= 0.3 is 6.03 Å². The summed E-state index contributed by atoms with van der Waals surface area (Å²) >= 11 is 0. The Morgan fingerprint density at radius 1 is 1.12 bits per heavy atom. The number of hydrogen-bond acceptors (Lipinski definition) is 2. The molecule has 1 saturated carbocycles. The van der Waals surface area contributed by atoms with E-state index in [4.69, 9.17) is 0 Å². The van der Waals surface area contributed by atoms with Crippen LogP contribution in [0.5, 0.6) is 0 Å². The first-order valence-corrected chi connectivity index (χ1v) is 9.14. The molecular formula is C19H28N3O2+. The van der Waals surface area contributed by atoms with Crippen molar-refractivity contribution in [3.63, 3.8) is 0 Å². The van der Waals surface area contributed by atoms with Crippen LogP contribution < -0.4 is 15.5 Å². The predicted octanol–water partition coefficient (Wildman–Crippen LogP) is 1.35. The summed E-state index contributed by atoms with van der Waals surface area (Å²) < 4.78 is 0. The second-order valence-corrected chi connectivity index (χ2v) is 7.17. The van der Waals surface area contributed by atoms with E-state index >= 15 is 0 Å². The molecule has 0 spiro atoms. The summed E-state index contributed by atoms with van der Waals surface area (Å²) in [6, 6.07) is 8.73. The van der Waals surface area contributed by atoms with Gasteiger partial charge in [-0.25, -0.2) is 4.79 Å². The topological polar surface area (TPSA) is 62.6 Å². The lowest BCUT2D eigenvalue weighted by Gasteiger charge is -2.30. The van der Waals surface area contributed by atoms with Gasteiger partial charge in [-0.2, -0.15) is 0 Å². The van der Waals surface area contributed by atoms with Crippen LogP contribution in [0.1, 0.15) is 55.7 Å². The van der Waals surface area contributed by atoms with Crippen LogP contribution in [0.15, 0.2) is 24.3 Å². The van der Waals surface area contributed by atoms with Crippen LogP contribution in [0.25, 0.3) is 0 Å². The Morgan fingerprint density at radius 2 is 1.88 bits per heavy atom. The Labute approximate surface area is 143 Å². The summed E-state index contributed by atoms with van der Waals surface area (Å²) in [5, 5.41) is 5.39. The number of quaternary nitrogens is 1. The summed E-state index contributed by atoms with van der Waals surface area (Å²) in [7, 11) is 2.04. The van der Waals surface area contributed by atoms with Crippen LogP contribution in [0.3, 0.4) is 0 Å². The molecule has 1 unspecified atom stereocenters. The fraction of sp³-hybridized carbons (Fsp3) is 0.579. The molecule has 0 aromatic heterocycles. The van der Waals surface area contributed by atoms with Crippen molar-refractivity contribution in [3.05, 3.63) is 35.4 Å². The number of fused-ring (bicyclic) bond motifs is 1. The fourth-order valence-corrected chi connectivity index (χ4v) is 4.10. The van der Waals surface area contributed by atoms with Crippen LogP contribution in [0.2, 0.25) is 0 Å². The number of likely N-dealkylation sites (N-methyl/N-ethyl adjacent to an activating group) is 1. The molecule has 3 rings (SSSR count). The molecule has 1 aromatic rings. The van der Waals surface area contributed by atoms with Crippen molar-refractivity contribution in [2.24, 2.45) is 0 Å². The lowest BCUT2D eigenvalue weighted by atomic mass is 9.87. The largest absolute Gasteiger partial charge is 0.335 e. The molecule has 0 radical (unpaired) electrons. The van der Waals surface area contributed by atoms with Gasteiger partial charge in [0.1, 0.15) is 6.04 Å². The molecule has 2 aliphatic rings. The average Bonchev–Trinajstić information content (AvgIpc) is 3.06. The van der Waals surface area contributed by atoms with E-state index in [9.17, 15) is 9.59 Å². The molecule has 130 valence electrons. The molecule has 0 heterocycles. The van der Waals surface area contributed by atoms with Crippen LogP contribution >= 0.6 is 0 Å². The first-order valence-electron chi connectivity index (χ1n) is 9.14. The van der Waals surface area contributed by atoms with E-state index in [1.807, 2.05) is 7.05 Å². The van der Waals surface area contributed by atoms with E-state index in [1.54, 1.807) is 0 Å². The normalized spacial score (nSPS) is 21.8. The number of amides is 3. The van der Waals surface area contributed by atoms with Gasteiger partial charge in [0.15, 0.2) is 6.54 Å². The Balaban J connectivity index is 1.52. The highest BCUT2D eigenvalue weighted by atomic mass is 16.2. The van der Waals surface area contributed by atoms with Crippen molar-refractivity contribution in [2.75, 3.05) is 13.6 Å². The van der Waals surface area contributed by atoms with Crippen molar-refractivity contribution in [1.29, 1.82) is 0 Å². The Kier molecular flexibility index (Phi) is 5.51. The van der Waals surface area contributed by atoms with Crippen LogP contribution in [-0.4, -0.2) is 31.6 Å². The number of carbonyl (C=O) groups is 2. The van der Waals surface area contributed by atoms with Gasteiger partial charge in [-0.3, -0.25) is 10.1 Å². The number of benzene rings is 1. The summed E-state index contributed by atoms with van der Waals surface area (Å²) in [5.74, 6) is -0.203. The van der Waals surface area contributed by atoms with Crippen molar-refractivity contribution >= 4 is 11.9 Å². The number of rotatable bonds is 4. The smallest absolute Gasteiger partial charge is 0.321 e. The van der Waals surface area contributed by atoms with Crippen molar-refractivity contribution in [1.82, 2.24) is 10.6 Å². The summed E-state index contributed by atoms with van der Waals surface area (Å²) in [4.78, 5) is 25.3. The number of carbonyl (C=O) groups excluding carboxylic acids is 2. The second kappa shape index (κ2) is 7.79. The Morgan fingerprint density at radius 3 is 2.67 bits per heavy atom. The van der Waals surface area contributed by atoms with Crippen LogP contribution in [0.4, 0.5) is 4.79 Å². The number of urea groups is 1. The first kappa shape index (κ1) is 17.0. The van der Waals surface area contributed by atoms with E-state index < -0.39 is 0 Å². The van der Waals surface area contributed by atoms with Crippen molar-refractivity contribution in [3.8, 4) is 0 Å². The monoisotopic (exact) mass is 330 g/mol. The molecule has 24 heavy (non-hydrogen) atoms. The third-order valence-electron chi connectivity index (χ3n) is 5.35. The number of hydrogen-bond donors (Lipinski definition) is 3. The Bertz CT molecular complexity index is 596. The van der Waals surface area contributed by atoms with Gasteiger partial charge in [0.25, 0.3) is 5.91 Å². The zero-order chi connectivity index (χ0) is 16.9. The standard InChI is InChI=1S/C19H27N3O2/c1-22(17-12-6-8-14-7-2-5-11-16(14)17)13-18(23)21-19(24)20-15-9-3-4-10-15/h2,5,7,11,15,17H,3-4,6,8-10,12-13H2,1H3,(H2,20,21,23,24)/p+1/t17-/m0/s1. The molecule has 3 amide bonds. The van der Waals surface area contributed by atoms with Gasteiger partial charge in [-0.05, 0) is 31.2 Å². The van der Waals surface area contributed by atoms with Gasteiger partial charge in [0, 0.05) is 18.0 Å². The second-order valence-electron chi connectivity index (χ2n) is 7.17. The average molecular weight is 330 g/mol. The number of nitrogens with one attached hydrogen (secondary N) is 3. The lowest BCUT2D eigenvalue weighted by Crippen LogP contribution is -3.10. The molecule has 2 atom stereocenters. The highest BCUT2D eigenvalue weighted by Crippen LogP contribution is 2.27. The van der Waals surface area contributed by atoms with Gasteiger partial charge in [0.2, 0.25) is 0 Å². The highest BCUT2D eigenvalue weighted by Gasteiger charge is 2.28. The van der Waals surface area contributed by atoms with E-state index in [0.717, 1.165) is 49.8 Å². The minimum absolute atomic E-state index is 0.203. The first-order chi connectivity index (χ1) is 11.6. The summed E-state index contributed by atoms with van der Waals surface area (Å²) in [6.07, 6.45) is 7.72. The minimum Gasteiger partial charge on any atom is -0.335 e. The SMILES string of the molecule is C[NH+](CC(=O)NC(=O)NC1CCCC1)[C@H]1CCCc2ccccc21. The lowest BCUT2D eigenvalue weighted by molar-refractivity contribution is -0.905. The molecular weight excluding hydrogens is 302 g/mol. The summed E-state index contributed by atoms with van der Waals surface area (Å²) in [5.41, 5.74) is 2.75. The molecule has 0 saturated heterocycles. The Hall–Kier alpha value is -1.88. The van der Waals surface area contributed by atoms with Crippen molar-refractivity contribution in [2.45, 2.75) is 57.0 Å². The van der Waals surface area contributed by atoms with E-state index in [-0.39, 0.29) is 18.0 Å². The molecule has 0 bridgehead atoms. The van der Waals surface area contributed by atoms with Crippen LogP contribution in [0, 0.1) is 0 Å². The highest BCUT2D eigenvalue weighted by molar-refractivity contribution is 5.94. The van der Waals surface area contributed by atoms with Gasteiger partial charge in [-0.1, -0.05) is 37.1 Å². The maximum atomic E-state index is 12.2. The van der Waals surface area contributed by atoms with E-state index in [0.29, 0.717) is 12.6 Å². The third-order valence-corrected chi connectivity index (χ3v) is 5.35. The van der Waals surface area contributed by atoms with Gasteiger partial charge < -0.3 is 10.2 Å². The molecule has 3 N–H and O–H groups in total. The molecule has 1 aromatic carbocycles. The van der Waals surface area contributed by atoms with E-state index in [1.165, 1.54) is 11.1 Å². The zero-order valence-electron chi connectivity index (χ0n) is 14.4. The number of imide groups is 1. The van der Waals surface area contributed by atoms with Crippen LogP contribution in [-0.2, 0) is 11.2 Å². The maximum absolute atomic E-state index is 12.2. The molecule has 2 aliphatic carbocycles. The summed E-state index contributed by atoms with van der Waals surface area (Å²) in [6.45, 7) is 0.317. The maximum Gasteiger partial charge on any atom is 0.321 e. The molecule has 5 nitrogen and oxygen atoms in total. The fourth-order valence-electron chi connectivity index (χ4n) is 4.10. The third kappa shape index (κ3) is 4.15. The molecule has 5 heteroatoms. The van der Waals surface area contributed by atoms with Gasteiger partial charge in [0.05, 0.1) is 7.05 Å². The predicted molar refractivity (Wildman–Crippen MR) is 92.8 cm³/mol. The molecule has 0 aliphatic heterocycles. The quantitative estimate of drug-likeness (QED) is 0.780. The minimum atomic E-state index is -0.344.